The molecule has 0 fully saturated rings. The fourth-order valence-electron chi connectivity index (χ4n) is 1.53. The molecule has 0 aliphatic heterocycles. The Hall–Kier alpha value is -1.67. The number of thiazole rings is 1. The van der Waals surface area contributed by atoms with E-state index in [0.717, 1.165) is 0 Å². The highest BCUT2D eigenvalue weighted by atomic mass is 32.1. The molecule has 0 aromatic carbocycles. The van der Waals surface area contributed by atoms with Crippen LogP contribution in [0.4, 0.5) is 11.6 Å². The first-order chi connectivity index (χ1) is 8.83. The zero-order valence-corrected chi connectivity index (χ0v) is 11.8. The fraction of sp³-hybridized carbons (Fsp3) is 0.545. The number of imidazole rings is 1. The Balaban J connectivity index is 2.28. The van der Waals surface area contributed by atoms with Crippen LogP contribution >= 0.6 is 11.3 Å². The smallest absolute Gasteiger partial charge is 0.372 e. The van der Waals surface area contributed by atoms with E-state index in [4.69, 9.17) is 0 Å². The van der Waals surface area contributed by atoms with Crippen LogP contribution in [0.5, 0.6) is 0 Å². The van der Waals surface area contributed by atoms with E-state index >= 15 is 0 Å². The highest BCUT2D eigenvalue weighted by Crippen LogP contribution is 2.28. The molecule has 2 aromatic heterocycles. The summed E-state index contributed by atoms with van der Waals surface area (Å²) in [7, 11) is 0. The van der Waals surface area contributed by atoms with Crippen molar-refractivity contribution in [3.63, 3.8) is 0 Å². The number of nitrogens with zero attached hydrogens (tertiary/aromatic N) is 3. The van der Waals surface area contributed by atoms with Crippen LogP contribution in [-0.2, 0) is 0 Å². The van der Waals surface area contributed by atoms with Crippen molar-refractivity contribution in [1.29, 1.82) is 0 Å². The summed E-state index contributed by atoms with van der Waals surface area (Å²) >= 11 is 1.32. The maximum atomic E-state index is 11.1. The zero-order valence-electron chi connectivity index (χ0n) is 11.0. The summed E-state index contributed by atoms with van der Waals surface area (Å²) in [5, 5.41) is 25.9. The summed E-state index contributed by atoms with van der Waals surface area (Å²) in [6.07, 6.45) is 1.61. The number of aliphatic hydroxyl groups is 1. The molecule has 0 aliphatic carbocycles. The molecule has 2 aromatic rings. The lowest BCUT2D eigenvalue weighted by Crippen LogP contribution is -2.38. The minimum atomic E-state index is -0.953. The molecule has 0 bridgehead atoms. The predicted octanol–water partition coefficient (Wildman–Crippen LogP) is 2.12. The van der Waals surface area contributed by atoms with Gasteiger partial charge < -0.3 is 20.5 Å². The Morgan fingerprint density at radius 1 is 1.68 bits per heavy atom. The van der Waals surface area contributed by atoms with Crippen LogP contribution in [0.25, 0.3) is 4.96 Å². The summed E-state index contributed by atoms with van der Waals surface area (Å²) in [5.74, 6) is 0.122. The lowest BCUT2D eigenvalue weighted by Gasteiger charge is -2.27. The summed E-state index contributed by atoms with van der Waals surface area (Å²) in [5.41, 5.74) is -0.953. The maximum Gasteiger partial charge on any atom is 0.372 e. The molecule has 0 spiro atoms. The zero-order chi connectivity index (χ0) is 14.2. The van der Waals surface area contributed by atoms with Gasteiger partial charge in [-0.2, -0.15) is 9.38 Å². The van der Waals surface area contributed by atoms with Gasteiger partial charge in [-0.05, 0) is 17.8 Å². The van der Waals surface area contributed by atoms with Crippen molar-refractivity contribution >= 4 is 27.9 Å². The van der Waals surface area contributed by atoms with E-state index in [9.17, 15) is 15.2 Å². The number of hydrogen-bond donors (Lipinski definition) is 2. The molecule has 2 rings (SSSR count). The van der Waals surface area contributed by atoms with Gasteiger partial charge in [-0.15, -0.1) is 0 Å². The quantitative estimate of drug-likeness (QED) is 0.648. The third-order valence-electron chi connectivity index (χ3n) is 3.27. The highest BCUT2D eigenvalue weighted by Gasteiger charge is 2.28. The van der Waals surface area contributed by atoms with Crippen molar-refractivity contribution in [2.75, 3.05) is 11.9 Å². The molecule has 1 atom stereocenters. The molecule has 19 heavy (non-hydrogen) atoms. The van der Waals surface area contributed by atoms with E-state index < -0.39 is 10.5 Å². The van der Waals surface area contributed by atoms with Gasteiger partial charge in [-0.3, -0.25) is 0 Å². The third-order valence-corrected chi connectivity index (χ3v) is 4.02. The molecular formula is C11H16N4O3S. The summed E-state index contributed by atoms with van der Waals surface area (Å²) < 4.78 is 1.43. The first kappa shape index (κ1) is 13.8. The molecule has 104 valence electrons. The van der Waals surface area contributed by atoms with Gasteiger partial charge in [0.1, 0.15) is 6.20 Å². The first-order valence-corrected chi connectivity index (χ1v) is 6.77. The summed E-state index contributed by atoms with van der Waals surface area (Å²) in [4.78, 5) is 15.4. The molecule has 2 N–H and O–H groups in total. The Kier molecular flexibility index (Phi) is 3.46. The van der Waals surface area contributed by atoms with Gasteiger partial charge in [0.15, 0.2) is 0 Å². The lowest BCUT2D eigenvalue weighted by molar-refractivity contribution is -0.389. The van der Waals surface area contributed by atoms with Gasteiger partial charge in [0.25, 0.3) is 4.96 Å². The van der Waals surface area contributed by atoms with Crippen LogP contribution in [0.2, 0.25) is 0 Å². The van der Waals surface area contributed by atoms with Gasteiger partial charge in [-0.1, -0.05) is 25.2 Å². The maximum absolute atomic E-state index is 11.1. The molecule has 2 heterocycles. The number of aromatic nitrogens is 2. The summed E-state index contributed by atoms with van der Waals surface area (Å²) in [6.45, 7) is 5.68. The van der Waals surface area contributed by atoms with Crippen molar-refractivity contribution < 1.29 is 10.0 Å². The second kappa shape index (κ2) is 4.78. The number of hydrogen-bond acceptors (Lipinski definition) is 6. The van der Waals surface area contributed by atoms with E-state index in [0.29, 0.717) is 4.96 Å². The van der Waals surface area contributed by atoms with Gasteiger partial charge in [0.05, 0.1) is 5.60 Å². The monoisotopic (exact) mass is 284 g/mol. The van der Waals surface area contributed by atoms with Gasteiger partial charge in [-0.25, -0.2) is 0 Å². The van der Waals surface area contributed by atoms with Crippen LogP contribution in [-0.4, -0.2) is 31.6 Å². The van der Waals surface area contributed by atoms with Gasteiger partial charge in [0, 0.05) is 11.9 Å². The van der Waals surface area contributed by atoms with E-state index in [1.807, 2.05) is 13.8 Å². The predicted molar refractivity (Wildman–Crippen MR) is 73.7 cm³/mol. The lowest BCUT2D eigenvalue weighted by atomic mass is 9.93. The first-order valence-electron chi connectivity index (χ1n) is 5.89. The molecule has 0 radical (unpaired) electrons. The number of nitro groups is 1. The van der Waals surface area contributed by atoms with E-state index in [1.165, 1.54) is 15.7 Å². The summed E-state index contributed by atoms with van der Waals surface area (Å²) in [6, 6.07) is 0. The Bertz CT molecular complexity index is 602. The largest absolute Gasteiger partial charge is 0.388 e. The number of nitrogens with one attached hydrogen (secondary N) is 1. The van der Waals surface area contributed by atoms with Crippen molar-refractivity contribution in [2.24, 2.45) is 5.92 Å². The molecule has 0 amide bonds. The average Bonchev–Trinajstić information content (AvgIpc) is 2.84. The van der Waals surface area contributed by atoms with Crippen molar-refractivity contribution in [3.8, 4) is 0 Å². The van der Waals surface area contributed by atoms with E-state index in [2.05, 4.69) is 10.3 Å². The van der Waals surface area contributed by atoms with Crippen molar-refractivity contribution in [1.82, 2.24) is 9.38 Å². The molecule has 7 nitrogen and oxygen atoms in total. The minimum Gasteiger partial charge on any atom is -0.388 e. The normalized spacial score (nSPS) is 14.8. The molecule has 0 saturated heterocycles. The van der Waals surface area contributed by atoms with E-state index in [-0.39, 0.29) is 24.1 Å². The molecule has 1 unspecified atom stereocenters. The molecule has 0 aliphatic rings. The number of fused-ring (bicyclic) bond motifs is 1. The van der Waals surface area contributed by atoms with Crippen molar-refractivity contribution in [2.45, 2.75) is 26.4 Å². The van der Waals surface area contributed by atoms with E-state index in [1.54, 1.807) is 18.5 Å². The van der Waals surface area contributed by atoms with Crippen molar-refractivity contribution in [3.05, 3.63) is 21.7 Å². The van der Waals surface area contributed by atoms with Crippen LogP contribution in [0.15, 0.2) is 11.6 Å². The SMILES string of the molecule is CC(C)C(C)(O)CNc1nc2sccn2c1[N+](=O)[O-]. The van der Waals surface area contributed by atoms with Crippen LogP contribution in [0.3, 0.4) is 0 Å². The van der Waals surface area contributed by atoms with Crippen LogP contribution in [0, 0.1) is 16.0 Å². The minimum absolute atomic E-state index is 0.0304. The standard InChI is InChI=1S/C11H16N4O3S/c1-7(2)11(3,16)6-12-8-9(15(17)18)14-4-5-19-10(14)13-8/h4-5,7,12,16H,6H2,1-3H3. The average molecular weight is 284 g/mol. The number of anilines is 1. The highest BCUT2D eigenvalue weighted by molar-refractivity contribution is 7.15. The Labute approximate surface area is 114 Å². The fourth-order valence-corrected chi connectivity index (χ4v) is 2.24. The second-order valence-electron chi connectivity index (χ2n) is 4.96. The Morgan fingerprint density at radius 2 is 2.37 bits per heavy atom. The molecule has 0 saturated carbocycles. The molecular weight excluding hydrogens is 268 g/mol. The Morgan fingerprint density at radius 3 is 2.95 bits per heavy atom. The topological polar surface area (TPSA) is 92.7 Å². The number of rotatable bonds is 5. The van der Waals surface area contributed by atoms with Crippen LogP contribution in [0.1, 0.15) is 20.8 Å². The third kappa shape index (κ3) is 2.54. The molecule has 8 heteroatoms. The van der Waals surface area contributed by atoms with Crippen LogP contribution < -0.4 is 5.32 Å². The van der Waals surface area contributed by atoms with Gasteiger partial charge in [0.2, 0.25) is 5.82 Å². The second-order valence-corrected chi connectivity index (χ2v) is 5.84. The van der Waals surface area contributed by atoms with Gasteiger partial charge >= 0.3 is 5.82 Å².